The van der Waals surface area contributed by atoms with E-state index < -0.39 is 0 Å². The Labute approximate surface area is 136 Å². The van der Waals surface area contributed by atoms with E-state index in [1.807, 2.05) is 6.20 Å². The lowest BCUT2D eigenvalue weighted by Gasteiger charge is -2.26. The van der Waals surface area contributed by atoms with Crippen LogP contribution in [0.25, 0.3) is 0 Å². The fraction of sp³-hybridized carbons (Fsp3) is 0.438. The molecule has 1 saturated heterocycles. The minimum absolute atomic E-state index is 0. The number of halogens is 1. The quantitative estimate of drug-likeness (QED) is 0.924. The zero-order valence-electron chi connectivity index (χ0n) is 12.5. The predicted molar refractivity (Wildman–Crippen MR) is 92.1 cm³/mol. The predicted octanol–water partition coefficient (Wildman–Crippen LogP) is 4.10. The first-order valence-electron chi connectivity index (χ1n) is 7.15. The van der Waals surface area contributed by atoms with Crippen LogP contribution >= 0.6 is 23.7 Å². The number of nitrogen functional groups attached to an aromatic ring is 1. The standard InChI is InChI=1S/C16H21N3S.ClH/c1-11-5-3-6-14(12(11)2)15-7-4-8-19(15)10-13-9-18-16(17)20-13;/h3,5-6,9,15H,4,7-8,10H2,1-2H3,(H2,17,18);1H. The van der Waals surface area contributed by atoms with Crippen LogP contribution in [0, 0.1) is 13.8 Å². The van der Waals surface area contributed by atoms with Crippen LogP contribution in [0.4, 0.5) is 5.13 Å². The second-order valence-electron chi connectivity index (χ2n) is 5.58. The number of rotatable bonds is 3. The van der Waals surface area contributed by atoms with Gasteiger partial charge in [0.15, 0.2) is 5.13 Å². The lowest BCUT2D eigenvalue weighted by Crippen LogP contribution is -2.23. The number of nitrogens with two attached hydrogens (primary N) is 1. The monoisotopic (exact) mass is 323 g/mol. The van der Waals surface area contributed by atoms with Gasteiger partial charge in [-0.3, -0.25) is 4.90 Å². The molecule has 0 spiro atoms. The molecule has 114 valence electrons. The summed E-state index contributed by atoms with van der Waals surface area (Å²) >= 11 is 1.60. The van der Waals surface area contributed by atoms with Crippen LogP contribution < -0.4 is 5.73 Å². The Bertz CT molecular complexity index is 611. The number of aromatic nitrogens is 1. The fourth-order valence-corrected chi connectivity index (χ4v) is 3.81. The highest BCUT2D eigenvalue weighted by atomic mass is 35.5. The molecule has 0 aliphatic carbocycles. The fourth-order valence-electron chi connectivity index (χ4n) is 3.10. The Hall–Kier alpha value is -1.10. The van der Waals surface area contributed by atoms with E-state index in [1.54, 1.807) is 11.3 Å². The van der Waals surface area contributed by atoms with Gasteiger partial charge in [0.25, 0.3) is 0 Å². The average Bonchev–Trinajstić information content (AvgIpc) is 3.03. The van der Waals surface area contributed by atoms with Gasteiger partial charge >= 0.3 is 0 Å². The van der Waals surface area contributed by atoms with Crippen molar-refractivity contribution < 1.29 is 0 Å². The molecule has 3 rings (SSSR count). The summed E-state index contributed by atoms with van der Waals surface area (Å²) in [5, 5.41) is 0.669. The van der Waals surface area contributed by atoms with Crippen molar-refractivity contribution in [1.82, 2.24) is 9.88 Å². The number of nitrogens with zero attached hydrogens (tertiary/aromatic N) is 2. The second-order valence-corrected chi connectivity index (χ2v) is 6.73. The van der Waals surface area contributed by atoms with Crippen LogP contribution in [0.1, 0.15) is 40.5 Å². The smallest absolute Gasteiger partial charge is 0.180 e. The first-order chi connectivity index (χ1) is 9.65. The molecule has 2 heterocycles. The number of likely N-dealkylation sites (tertiary alicyclic amines) is 1. The van der Waals surface area contributed by atoms with Crippen molar-refractivity contribution in [3.8, 4) is 0 Å². The summed E-state index contributed by atoms with van der Waals surface area (Å²) in [6.45, 7) is 6.57. The molecule has 3 nitrogen and oxygen atoms in total. The second kappa shape index (κ2) is 6.77. The van der Waals surface area contributed by atoms with E-state index in [0.29, 0.717) is 11.2 Å². The number of hydrogen-bond donors (Lipinski definition) is 1. The van der Waals surface area contributed by atoms with Crippen molar-refractivity contribution in [3.05, 3.63) is 46.0 Å². The first-order valence-corrected chi connectivity index (χ1v) is 7.97. The van der Waals surface area contributed by atoms with Gasteiger partial charge in [0.1, 0.15) is 0 Å². The Morgan fingerprint density at radius 3 is 2.90 bits per heavy atom. The average molecular weight is 324 g/mol. The van der Waals surface area contributed by atoms with Gasteiger partial charge in [-0.15, -0.1) is 23.7 Å². The molecule has 0 radical (unpaired) electrons. The van der Waals surface area contributed by atoms with E-state index in [9.17, 15) is 0 Å². The van der Waals surface area contributed by atoms with Crippen molar-refractivity contribution in [2.24, 2.45) is 0 Å². The Morgan fingerprint density at radius 1 is 1.38 bits per heavy atom. The zero-order chi connectivity index (χ0) is 14.1. The molecular formula is C16H22ClN3S. The van der Waals surface area contributed by atoms with Crippen LogP contribution in [-0.2, 0) is 6.54 Å². The Kier molecular flexibility index (Phi) is 5.25. The Morgan fingerprint density at radius 2 is 2.19 bits per heavy atom. The molecule has 21 heavy (non-hydrogen) atoms. The van der Waals surface area contributed by atoms with Gasteiger partial charge in [-0.25, -0.2) is 4.98 Å². The van der Waals surface area contributed by atoms with E-state index in [4.69, 9.17) is 5.73 Å². The van der Waals surface area contributed by atoms with E-state index in [2.05, 4.69) is 41.9 Å². The molecule has 5 heteroatoms. The molecule has 1 aromatic carbocycles. The number of thiazole rings is 1. The molecular weight excluding hydrogens is 302 g/mol. The maximum atomic E-state index is 5.73. The lowest BCUT2D eigenvalue weighted by atomic mass is 9.96. The zero-order valence-corrected chi connectivity index (χ0v) is 14.1. The van der Waals surface area contributed by atoms with Crippen molar-refractivity contribution >= 4 is 28.9 Å². The third-order valence-corrected chi connectivity index (χ3v) is 5.11. The molecule has 1 fully saturated rings. The summed E-state index contributed by atoms with van der Waals surface area (Å²) in [5.41, 5.74) is 10.0. The summed E-state index contributed by atoms with van der Waals surface area (Å²) in [4.78, 5) is 7.99. The molecule has 2 aromatic rings. The summed E-state index contributed by atoms with van der Waals surface area (Å²) in [6, 6.07) is 7.20. The van der Waals surface area contributed by atoms with Gasteiger partial charge in [-0.1, -0.05) is 18.2 Å². The molecule has 0 saturated carbocycles. The van der Waals surface area contributed by atoms with E-state index >= 15 is 0 Å². The molecule has 1 atom stereocenters. The van der Waals surface area contributed by atoms with Gasteiger partial charge in [-0.2, -0.15) is 0 Å². The summed E-state index contributed by atoms with van der Waals surface area (Å²) in [5.74, 6) is 0. The van der Waals surface area contributed by atoms with Gasteiger partial charge in [-0.05, 0) is 49.9 Å². The van der Waals surface area contributed by atoms with Gasteiger partial charge < -0.3 is 5.73 Å². The maximum absolute atomic E-state index is 5.73. The molecule has 0 amide bonds. The van der Waals surface area contributed by atoms with Gasteiger partial charge in [0.2, 0.25) is 0 Å². The maximum Gasteiger partial charge on any atom is 0.180 e. The lowest BCUT2D eigenvalue weighted by molar-refractivity contribution is 0.250. The highest BCUT2D eigenvalue weighted by Gasteiger charge is 2.27. The molecule has 1 aromatic heterocycles. The van der Waals surface area contributed by atoms with Gasteiger partial charge in [0, 0.05) is 23.7 Å². The molecule has 1 aliphatic heterocycles. The molecule has 1 aliphatic rings. The number of hydrogen-bond acceptors (Lipinski definition) is 4. The summed E-state index contributed by atoms with van der Waals surface area (Å²) in [6.07, 6.45) is 4.43. The van der Waals surface area contributed by atoms with E-state index in [0.717, 1.165) is 13.1 Å². The summed E-state index contributed by atoms with van der Waals surface area (Å²) in [7, 11) is 0. The van der Waals surface area contributed by atoms with E-state index in [1.165, 1.54) is 34.4 Å². The largest absolute Gasteiger partial charge is 0.375 e. The van der Waals surface area contributed by atoms with Crippen molar-refractivity contribution in [2.75, 3.05) is 12.3 Å². The Balaban J connectivity index is 0.00000161. The molecule has 0 bridgehead atoms. The van der Waals surface area contributed by atoms with Crippen molar-refractivity contribution in [2.45, 2.75) is 39.3 Å². The first kappa shape index (κ1) is 16.3. The van der Waals surface area contributed by atoms with Gasteiger partial charge in [0.05, 0.1) is 0 Å². The van der Waals surface area contributed by atoms with Crippen LogP contribution in [-0.4, -0.2) is 16.4 Å². The number of benzene rings is 1. The number of aryl methyl sites for hydroxylation is 1. The SMILES string of the molecule is Cc1cccc(C2CCCN2Cc2cnc(N)s2)c1C.Cl. The summed E-state index contributed by atoms with van der Waals surface area (Å²) < 4.78 is 0. The van der Waals surface area contributed by atoms with Crippen LogP contribution in [0.15, 0.2) is 24.4 Å². The minimum Gasteiger partial charge on any atom is -0.375 e. The highest BCUT2D eigenvalue weighted by molar-refractivity contribution is 7.15. The normalized spacial score (nSPS) is 18.7. The third-order valence-electron chi connectivity index (χ3n) is 4.30. The van der Waals surface area contributed by atoms with Crippen LogP contribution in [0.3, 0.4) is 0 Å². The topological polar surface area (TPSA) is 42.2 Å². The van der Waals surface area contributed by atoms with Crippen LogP contribution in [0.5, 0.6) is 0 Å². The third kappa shape index (κ3) is 3.39. The molecule has 1 unspecified atom stereocenters. The van der Waals surface area contributed by atoms with E-state index in [-0.39, 0.29) is 12.4 Å². The molecule has 2 N–H and O–H groups in total. The van der Waals surface area contributed by atoms with Crippen LogP contribution in [0.2, 0.25) is 0 Å². The highest BCUT2D eigenvalue weighted by Crippen LogP contribution is 2.36. The minimum atomic E-state index is 0. The van der Waals surface area contributed by atoms with Crippen molar-refractivity contribution in [1.29, 1.82) is 0 Å². The number of anilines is 1. The van der Waals surface area contributed by atoms with Crippen molar-refractivity contribution in [3.63, 3.8) is 0 Å².